The number of hydrogen-bond donors (Lipinski definition) is 0. The van der Waals surface area contributed by atoms with Crippen LogP contribution in [0.2, 0.25) is 5.02 Å². The predicted molar refractivity (Wildman–Crippen MR) is 139 cm³/mol. The smallest absolute Gasteiger partial charge is 0.274 e. The van der Waals surface area contributed by atoms with Crippen molar-refractivity contribution in [1.82, 2.24) is 5.01 Å². The molecule has 0 bridgehead atoms. The van der Waals surface area contributed by atoms with Gasteiger partial charge >= 0.3 is 0 Å². The molecule has 5 rings (SSSR count). The lowest BCUT2D eigenvalue weighted by Crippen LogP contribution is -2.31. The van der Waals surface area contributed by atoms with Crippen molar-refractivity contribution in [3.8, 4) is 11.5 Å². The predicted octanol–water partition coefficient (Wildman–Crippen LogP) is 6.79. The average Bonchev–Trinajstić information content (AvgIpc) is 3.29. The molecule has 1 fully saturated rings. The molecule has 0 saturated heterocycles. The van der Waals surface area contributed by atoms with Crippen LogP contribution in [0.3, 0.4) is 0 Å². The maximum atomic E-state index is 13.7. The third-order valence-electron chi connectivity index (χ3n) is 6.70. The number of hydrazone groups is 1. The SMILES string of the molecule is COc1ccc(/C=C2\CCC[C@H]3C2=NN(C(=O)c2cccc(Cl)c2)[C@H]3c2ccc(OC)cc2)cc1. The molecule has 1 amide bonds. The van der Waals surface area contributed by atoms with E-state index in [0.29, 0.717) is 10.6 Å². The zero-order valence-electron chi connectivity index (χ0n) is 19.8. The molecular weight excluding hydrogens is 460 g/mol. The van der Waals surface area contributed by atoms with Gasteiger partial charge in [-0.25, -0.2) is 5.01 Å². The molecule has 1 aliphatic heterocycles. The van der Waals surface area contributed by atoms with Gasteiger partial charge < -0.3 is 9.47 Å². The largest absolute Gasteiger partial charge is 0.497 e. The Bertz CT molecular complexity index is 1280. The van der Waals surface area contributed by atoms with Crippen LogP contribution in [0.4, 0.5) is 0 Å². The van der Waals surface area contributed by atoms with Crippen LogP contribution >= 0.6 is 11.6 Å². The van der Waals surface area contributed by atoms with Crippen molar-refractivity contribution in [2.24, 2.45) is 11.0 Å². The molecule has 178 valence electrons. The summed E-state index contributed by atoms with van der Waals surface area (Å²) in [5, 5.41) is 7.14. The van der Waals surface area contributed by atoms with E-state index in [1.807, 2.05) is 48.5 Å². The molecular formula is C29H27ClN2O3. The number of rotatable bonds is 5. The van der Waals surface area contributed by atoms with Crippen LogP contribution < -0.4 is 9.47 Å². The Balaban J connectivity index is 1.56. The molecule has 0 N–H and O–H groups in total. The van der Waals surface area contributed by atoms with E-state index in [-0.39, 0.29) is 17.9 Å². The summed E-state index contributed by atoms with van der Waals surface area (Å²) in [4.78, 5) is 13.7. The van der Waals surface area contributed by atoms with Crippen molar-refractivity contribution in [3.63, 3.8) is 0 Å². The molecule has 0 radical (unpaired) electrons. The van der Waals surface area contributed by atoms with Crippen molar-refractivity contribution < 1.29 is 14.3 Å². The minimum Gasteiger partial charge on any atom is -0.497 e. The summed E-state index contributed by atoms with van der Waals surface area (Å²) in [7, 11) is 3.31. The van der Waals surface area contributed by atoms with E-state index in [9.17, 15) is 4.79 Å². The van der Waals surface area contributed by atoms with Crippen LogP contribution in [0, 0.1) is 5.92 Å². The van der Waals surface area contributed by atoms with E-state index in [4.69, 9.17) is 26.2 Å². The highest BCUT2D eigenvalue weighted by molar-refractivity contribution is 6.31. The minimum absolute atomic E-state index is 0.116. The minimum atomic E-state index is -0.193. The van der Waals surface area contributed by atoms with Crippen molar-refractivity contribution in [2.45, 2.75) is 25.3 Å². The lowest BCUT2D eigenvalue weighted by molar-refractivity contribution is 0.0681. The molecule has 6 heteroatoms. The Hall–Kier alpha value is -3.57. The van der Waals surface area contributed by atoms with E-state index >= 15 is 0 Å². The molecule has 0 unspecified atom stereocenters. The second-order valence-corrected chi connectivity index (χ2v) is 9.24. The Morgan fingerprint density at radius 3 is 2.34 bits per heavy atom. The maximum absolute atomic E-state index is 13.7. The number of carbonyl (C=O) groups is 1. The van der Waals surface area contributed by atoms with Crippen molar-refractivity contribution in [3.05, 3.63) is 100 Å². The number of carbonyl (C=O) groups excluding carboxylic acids is 1. The van der Waals surface area contributed by atoms with Gasteiger partial charge in [0.15, 0.2) is 0 Å². The number of fused-ring (bicyclic) bond motifs is 1. The first-order valence-electron chi connectivity index (χ1n) is 11.7. The average molecular weight is 487 g/mol. The lowest BCUT2D eigenvalue weighted by atomic mass is 9.77. The van der Waals surface area contributed by atoms with Gasteiger partial charge in [-0.1, -0.05) is 41.9 Å². The van der Waals surface area contributed by atoms with E-state index in [0.717, 1.165) is 47.6 Å². The van der Waals surface area contributed by atoms with Gasteiger partial charge in [0, 0.05) is 16.5 Å². The van der Waals surface area contributed by atoms with E-state index in [1.165, 1.54) is 5.57 Å². The van der Waals surface area contributed by atoms with Crippen LogP contribution in [0.15, 0.2) is 83.5 Å². The van der Waals surface area contributed by atoms with Crippen LogP contribution in [0.25, 0.3) is 6.08 Å². The quantitative estimate of drug-likeness (QED) is 0.398. The Kier molecular flexibility index (Phi) is 6.60. The normalized spacial score (nSPS) is 20.4. The molecule has 3 aromatic carbocycles. The van der Waals surface area contributed by atoms with Crippen molar-refractivity contribution in [1.29, 1.82) is 0 Å². The second-order valence-electron chi connectivity index (χ2n) is 8.80. The summed E-state index contributed by atoms with van der Waals surface area (Å²) >= 11 is 6.20. The Morgan fingerprint density at radius 2 is 1.69 bits per heavy atom. The molecule has 0 spiro atoms. The monoisotopic (exact) mass is 486 g/mol. The fourth-order valence-electron chi connectivity index (χ4n) is 4.96. The first-order valence-corrected chi connectivity index (χ1v) is 12.1. The topological polar surface area (TPSA) is 51.1 Å². The number of ether oxygens (including phenoxy) is 2. The van der Waals surface area contributed by atoms with Gasteiger partial charge in [0.25, 0.3) is 5.91 Å². The number of amides is 1. The van der Waals surface area contributed by atoms with Crippen molar-refractivity contribution in [2.75, 3.05) is 14.2 Å². The van der Waals surface area contributed by atoms with E-state index in [2.05, 4.69) is 6.08 Å². The van der Waals surface area contributed by atoms with Gasteiger partial charge in [0.05, 0.1) is 26.0 Å². The molecule has 1 heterocycles. The summed E-state index contributed by atoms with van der Waals surface area (Å²) < 4.78 is 10.6. The molecule has 3 aromatic rings. The first kappa shape index (κ1) is 23.2. The zero-order valence-corrected chi connectivity index (χ0v) is 20.5. The third-order valence-corrected chi connectivity index (χ3v) is 6.93. The van der Waals surface area contributed by atoms with Crippen LogP contribution in [0.5, 0.6) is 11.5 Å². The number of nitrogens with zero attached hydrogens (tertiary/aromatic N) is 2. The molecule has 1 saturated carbocycles. The Morgan fingerprint density at radius 1 is 1.00 bits per heavy atom. The second kappa shape index (κ2) is 9.96. The number of benzene rings is 3. The van der Waals surface area contributed by atoms with Gasteiger partial charge in [-0.05, 0) is 84.5 Å². The van der Waals surface area contributed by atoms with Gasteiger partial charge in [0.2, 0.25) is 0 Å². The summed E-state index contributed by atoms with van der Waals surface area (Å²) in [6, 6.07) is 22.8. The number of hydrogen-bond acceptors (Lipinski definition) is 4. The molecule has 2 aliphatic rings. The summed E-state index contributed by atoms with van der Waals surface area (Å²) in [6.45, 7) is 0. The van der Waals surface area contributed by atoms with E-state index in [1.54, 1.807) is 43.5 Å². The highest BCUT2D eigenvalue weighted by atomic mass is 35.5. The van der Waals surface area contributed by atoms with Gasteiger partial charge in [-0.3, -0.25) is 4.79 Å². The fourth-order valence-corrected chi connectivity index (χ4v) is 5.15. The van der Waals surface area contributed by atoms with Crippen LogP contribution in [0.1, 0.15) is 46.8 Å². The van der Waals surface area contributed by atoms with Gasteiger partial charge in [0.1, 0.15) is 11.5 Å². The maximum Gasteiger partial charge on any atom is 0.274 e. The summed E-state index contributed by atoms with van der Waals surface area (Å²) in [5.41, 5.74) is 4.81. The highest BCUT2D eigenvalue weighted by Crippen LogP contribution is 2.45. The molecule has 35 heavy (non-hydrogen) atoms. The van der Waals surface area contributed by atoms with Gasteiger partial charge in [-0.15, -0.1) is 0 Å². The zero-order chi connectivity index (χ0) is 24.4. The number of halogens is 1. The molecule has 2 atom stereocenters. The highest BCUT2D eigenvalue weighted by Gasteiger charge is 2.44. The number of methoxy groups -OCH3 is 2. The van der Waals surface area contributed by atoms with E-state index < -0.39 is 0 Å². The summed E-state index contributed by atoms with van der Waals surface area (Å²) in [6.07, 6.45) is 5.12. The van der Waals surface area contributed by atoms with Crippen LogP contribution in [-0.2, 0) is 0 Å². The van der Waals surface area contributed by atoms with Crippen molar-refractivity contribution >= 4 is 29.3 Å². The Labute approximate surface area is 210 Å². The first-order chi connectivity index (χ1) is 17.1. The molecule has 1 aliphatic carbocycles. The molecule has 5 nitrogen and oxygen atoms in total. The lowest BCUT2D eigenvalue weighted by Gasteiger charge is -2.29. The van der Waals surface area contributed by atoms with Gasteiger partial charge in [-0.2, -0.15) is 5.10 Å². The number of allylic oxidation sites excluding steroid dienone is 1. The standard InChI is InChI=1S/C29H27ClN2O3/c1-34-24-13-9-19(10-14-24)17-21-5-4-8-26-27(21)31-32(29(33)22-6-3-7-23(30)18-22)28(26)20-11-15-25(35-2)16-12-20/h3,6-7,9-18,26,28H,4-5,8H2,1-2H3/b21-17+/t26-,28-/m0/s1. The third kappa shape index (κ3) is 4.69. The summed E-state index contributed by atoms with van der Waals surface area (Å²) in [5.74, 6) is 1.57. The molecule has 0 aromatic heterocycles. The fraction of sp³-hybridized carbons (Fsp3) is 0.241. The van der Waals surface area contributed by atoms with Crippen LogP contribution in [-0.4, -0.2) is 30.8 Å².